The van der Waals surface area contributed by atoms with E-state index in [1.165, 1.54) is 24.8 Å². The molecule has 0 saturated heterocycles. The minimum atomic E-state index is 0.628. The van der Waals surface area contributed by atoms with Crippen LogP contribution in [0.15, 0.2) is 23.3 Å². The fraction of sp³-hybridized carbons (Fsp3) is 0.667. The molecule has 0 bridgehead atoms. The summed E-state index contributed by atoms with van der Waals surface area (Å²) in [5.41, 5.74) is 3.11. The van der Waals surface area contributed by atoms with Crippen LogP contribution in [0.2, 0.25) is 0 Å². The molecule has 0 fully saturated rings. The van der Waals surface area contributed by atoms with E-state index < -0.39 is 0 Å². The summed E-state index contributed by atoms with van der Waals surface area (Å²) in [5, 5.41) is 3.44. The topological polar surface area (TPSA) is 12.0 Å². The first kappa shape index (κ1) is 10.5. The van der Waals surface area contributed by atoms with Gasteiger partial charge in [0.05, 0.1) is 0 Å². The normalized spacial score (nSPS) is 19.3. The van der Waals surface area contributed by atoms with E-state index in [9.17, 15) is 0 Å². The Labute approximate surface area is 81.9 Å². The molecule has 13 heavy (non-hydrogen) atoms. The second kappa shape index (κ2) is 5.23. The minimum Gasteiger partial charge on any atom is -0.314 e. The number of allylic oxidation sites excluding steroid dienone is 3. The maximum Gasteiger partial charge on any atom is 0.00759 e. The summed E-state index contributed by atoms with van der Waals surface area (Å²) in [6.45, 7) is 7.70. The number of rotatable bonds is 4. The van der Waals surface area contributed by atoms with Crippen molar-refractivity contribution in [2.45, 2.75) is 46.1 Å². The third kappa shape index (κ3) is 3.77. The number of nitrogens with one attached hydrogen (secondary N) is 1. The van der Waals surface area contributed by atoms with E-state index >= 15 is 0 Å². The van der Waals surface area contributed by atoms with Gasteiger partial charge in [-0.05, 0) is 39.7 Å². The van der Waals surface area contributed by atoms with Gasteiger partial charge in [-0.1, -0.05) is 30.2 Å². The maximum absolute atomic E-state index is 3.44. The molecule has 0 amide bonds. The Hall–Kier alpha value is -0.560. The Kier molecular flexibility index (Phi) is 4.23. The molecule has 1 unspecified atom stereocenters. The summed E-state index contributed by atoms with van der Waals surface area (Å²) in [6.07, 6.45) is 8.28. The van der Waals surface area contributed by atoms with Gasteiger partial charge in [0.25, 0.3) is 0 Å². The lowest BCUT2D eigenvalue weighted by molar-refractivity contribution is 0.553. The van der Waals surface area contributed by atoms with Crippen LogP contribution in [-0.4, -0.2) is 12.6 Å². The van der Waals surface area contributed by atoms with Crippen molar-refractivity contribution in [1.29, 1.82) is 0 Å². The monoisotopic (exact) mass is 179 g/mol. The van der Waals surface area contributed by atoms with Crippen molar-refractivity contribution >= 4 is 0 Å². The fourth-order valence-electron chi connectivity index (χ4n) is 1.77. The molecule has 0 aromatic rings. The van der Waals surface area contributed by atoms with E-state index in [0.29, 0.717) is 6.04 Å². The Morgan fingerprint density at radius 1 is 1.38 bits per heavy atom. The smallest absolute Gasteiger partial charge is 0.00759 e. The van der Waals surface area contributed by atoms with Crippen LogP contribution in [-0.2, 0) is 0 Å². The Morgan fingerprint density at radius 2 is 2.15 bits per heavy atom. The average Bonchev–Trinajstić information content (AvgIpc) is 2.09. The summed E-state index contributed by atoms with van der Waals surface area (Å²) in [7, 11) is 0. The highest BCUT2D eigenvalue weighted by atomic mass is 14.9. The van der Waals surface area contributed by atoms with E-state index in [0.717, 1.165) is 6.54 Å². The second-order valence-electron chi connectivity index (χ2n) is 4.00. The van der Waals surface area contributed by atoms with Gasteiger partial charge < -0.3 is 5.32 Å². The van der Waals surface area contributed by atoms with Crippen LogP contribution < -0.4 is 5.32 Å². The number of hydrogen-bond donors (Lipinski definition) is 1. The van der Waals surface area contributed by atoms with Crippen molar-refractivity contribution in [2.75, 3.05) is 6.54 Å². The molecule has 0 aliphatic heterocycles. The van der Waals surface area contributed by atoms with E-state index in [4.69, 9.17) is 0 Å². The van der Waals surface area contributed by atoms with E-state index in [1.807, 2.05) is 0 Å². The van der Waals surface area contributed by atoms with Gasteiger partial charge in [0.1, 0.15) is 0 Å². The second-order valence-corrected chi connectivity index (χ2v) is 4.00. The van der Waals surface area contributed by atoms with Gasteiger partial charge in [0, 0.05) is 6.04 Å². The van der Waals surface area contributed by atoms with E-state index in [-0.39, 0.29) is 0 Å². The molecule has 0 aromatic heterocycles. The SMILES string of the molecule is CCNC(C)CC1=CC=C(C)CC1. The molecule has 0 saturated carbocycles. The largest absolute Gasteiger partial charge is 0.314 e. The molecule has 0 radical (unpaired) electrons. The molecule has 0 heterocycles. The first-order valence-corrected chi connectivity index (χ1v) is 5.31. The summed E-state index contributed by atoms with van der Waals surface area (Å²) in [4.78, 5) is 0. The van der Waals surface area contributed by atoms with E-state index in [2.05, 4.69) is 38.2 Å². The molecule has 1 aliphatic rings. The maximum atomic E-state index is 3.44. The van der Waals surface area contributed by atoms with Crippen molar-refractivity contribution < 1.29 is 0 Å². The first-order valence-electron chi connectivity index (χ1n) is 5.31. The Bertz CT molecular complexity index is 213. The highest BCUT2D eigenvalue weighted by molar-refractivity contribution is 5.23. The highest BCUT2D eigenvalue weighted by Crippen LogP contribution is 2.21. The molecular formula is C12H21N. The molecule has 1 nitrogen and oxygen atoms in total. The van der Waals surface area contributed by atoms with Crippen molar-refractivity contribution in [3.63, 3.8) is 0 Å². The zero-order valence-corrected chi connectivity index (χ0v) is 9.06. The summed E-state index contributed by atoms with van der Waals surface area (Å²) < 4.78 is 0. The van der Waals surface area contributed by atoms with Gasteiger partial charge in [0.2, 0.25) is 0 Å². The first-order chi connectivity index (χ1) is 6.22. The number of hydrogen-bond acceptors (Lipinski definition) is 1. The van der Waals surface area contributed by atoms with Crippen LogP contribution in [0.3, 0.4) is 0 Å². The van der Waals surface area contributed by atoms with E-state index in [1.54, 1.807) is 5.57 Å². The van der Waals surface area contributed by atoms with Crippen molar-refractivity contribution in [2.24, 2.45) is 0 Å². The van der Waals surface area contributed by atoms with Gasteiger partial charge in [-0.2, -0.15) is 0 Å². The van der Waals surface area contributed by atoms with Gasteiger partial charge in [-0.25, -0.2) is 0 Å². The zero-order chi connectivity index (χ0) is 9.68. The lowest BCUT2D eigenvalue weighted by atomic mass is 9.95. The van der Waals surface area contributed by atoms with Crippen LogP contribution in [0.4, 0.5) is 0 Å². The molecule has 1 rings (SSSR count). The van der Waals surface area contributed by atoms with Gasteiger partial charge in [0.15, 0.2) is 0 Å². The average molecular weight is 179 g/mol. The van der Waals surface area contributed by atoms with Gasteiger partial charge in [-0.3, -0.25) is 0 Å². The highest BCUT2D eigenvalue weighted by Gasteiger charge is 2.06. The van der Waals surface area contributed by atoms with Crippen molar-refractivity contribution in [3.05, 3.63) is 23.3 Å². The van der Waals surface area contributed by atoms with Crippen LogP contribution in [0, 0.1) is 0 Å². The van der Waals surface area contributed by atoms with Gasteiger partial charge in [-0.15, -0.1) is 0 Å². The molecule has 1 atom stereocenters. The molecule has 0 aromatic carbocycles. The molecular weight excluding hydrogens is 158 g/mol. The predicted octanol–water partition coefficient (Wildman–Crippen LogP) is 3.04. The van der Waals surface area contributed by atoms with Crippen molar-refractivity contribution in [3.8, 4) is 0 Å². The standard InChI is InChI=1S/C12H21N/c1-4-13-11(3)9-12-7-5-10(2)6-8-12/h5,7,11,13H,4,6,8-9H2,1-3H3. The summed E-state index contributed by atoms with van der Waals surface area (Å²) in [6, 6.07) is 0.628. The van der Waals surface area contributed by atoms with Crippen LogP contribution >= 0.6 is 0 Å². The fourth-order valence-corrected chi connectivity index (χ4v) is 1.77. The lowest BCUT2D eigenvalue weighted by Gasteiger charge is -2.17. The molecule has 0 spiro atoms. The molecule has 74 valence electrons. The quantitative estimate of drug-likeness (QED) is 0.699. The molecule has 1 heteroatoms. The third-order valence-electron chi connectivity index (χ3n) is 2.56. The Morgan fingerprint density at radius 3 is 2.69 bits per heavy atom. The molecule has 1 N–H and O–H groups in total. The minimum absolute atomic E-state index is 0.628. The lowest BCUT2D eigenvalue weighted by Crippen LogP contribution is -2.26. The zero-order valence-electron chi connectivity index (χ0n) is 9.06. The Balaban J connectivity index is 2.37. The van der Waals surface area contributed by atoms with Crippen molar-refractivity contribution in [1.82, 2.24) is 5.32 Å². The van der Waals surface area contributed by atoms with Gasteiger partial charge >= 0.3 is 0 Å². The van der Waals surface area contributed by atoms with Crippen LogP contribution in [0.1, 0.15) is 40.0 Å². The summed E-state index contributed by atoms with van der Waals surface area (Å²) in [5.74, 6) is 0. The predicted molar refractivity (Wildman–Crippen MR) is 58.8 cm³/mol. The van der Waals surface area contributed by atoms with Crippen LogP contribution in [0.5, 0.6) is 0 Å². The molecule has 1 aliphatic carbocycles. The summed E-state index contributed by atoms with van der Waals surface area (Å²) >= 11 is 0. The third-order valence-corrected chi connectivity index (χ3v) is 2.56. The van der Waals surface area contributed by atoms with Crippen LogP contribution in [0.25, 0.3) is 0 Å².